The lowest BCUT2D eigenvalue weighted by molar-refractivity contribution is -0.129. The number of fused-ring (bicyclic) bond motifs is 3. The Morgan fingerprint density at radius 2 is 1.93 bits per heavy atom. The number of amides is 1. The number of sulfone groups is 1. The molecule has 2 aromatic carbocycles. The maximum absolute atomic E-state index is 12.6. The Balaban J connectivity index is 1.52. The molecular weight excluding hydrogens is 394 g/mol. The van der Waals surface area contributed by atoms with Crippen LogP contribution in [0.25, 0.3) is 21.7 Å². The maximum Gasteiger partial charge on any atom is 0.375 e. The number of benzene rings is 2. The van der Waals surface area contributed by atoms with Gasteiger partial charge in [0.15, 0.2) is 15.9 Å². The fourth-order valence-electron chi connectivity index (χ4n) is 3.64. The minimum Gasteiger partial charge on any atom is -0.448 e. The van der Waals surface area contributed by atoms with E-state index >= 15 is 0 Å². The van der Waals surface area contributed by atoms with Crippen LogP contribution in [0.3, 0.4) is 0 Å². The van der Waals surface area contributed by atoms with Crippen molar-refractivity contribution in [3.05, 3.63) is 47.7 Å². The lowest BCUT2D eigenvalue weighted by Gasteiger charge is -2.16. The van der Waals surface area contributed by atoms with E-state index in [2.05, 4.69) is 5.32 Å². The van der Waals surface area contributed by atoms with Gasteiger partial charge < -0.3 is 14.5 Å². The van der Waals surface area contributed by atoms with Gasteiger partial charge in [-0.15, -0.1) is 0 Å². The van der Waals surface area contributed by atoms with E-state index in [1.54, 1.807) is 6.92 Å². The summed E-state index contributed by atoms with van der Waals surface area (Å²) in [4.78, 5) is 24.9. The molecule has 0 radical (unpaired) electrons. The predicted octanol–water partition coefficient (Wildman–Crippen LogP) is 2.74. The van der Waals surface area contributed by atoms with Crippen molar-refractivity contribution in [2.24, 2.45) is 0 Å². The number of aryl methyl sites for hydroxylation is 1. The molecule has 8 heteroatoms. The van der Waals surface area contributed by atoms with Crippen LogP contribution >= 0.6 is 0 Å². The van der Waals surface area contributed by atoms with Gasteiger partial charge in [-0.3, -0.25) is 4.79 Å². The number of hydrogen-bond donors (Lipinski definition) is 1. The quantitative estimate of drug-likeness (QED) is 0.658. The number of furan rings is 1. The van der Waals surface area contributed by atoms with E-state index in [9.17, 15) is 18.0 Å². The molecule has 2 heterocycles. The van der Waals surface area contributed by atoms with Gasteiger partial charge in [-0.2, -0.15) is 0 Å². The lowest BCUT2D eigenvalue weighted by Crippen LogP contribution is -2.42. The van der Waals surface area contributed by atoms with Crippen LogP contribution in [0.2, 0.25) is 0 Å². The number of carbonyl (C=O) groups excluding carboxylic acids is 2. The monoisotopic (exact) mass is 415 g/mol. The second-order valence-corrected chi connectivity index (χ2v) is 9.60. The fraction of sp³-hybridized carbons (Fsp3) is 0.333. The molecular formula is C21H21NO6S. The number of rotatable bonds is 4. The van der Waals surface area contributed by atoms with Crippen LogP contribution < -0.4 is 5.32 Å². The Bertz CT molecular complexity index is 1230. The molecule has 29 heavy (non-hydrogen) atoms. The third-order valence-corrected chi connectivity index (χ3v) is 7.01. The Hall–Kier alpha value is -2.87. The summed E-state index contributed by atoms with van der Waals surface area (Å²) in [6.07, 6.45) is -0.708. The number of ether oxygens (including phenoxy) is 1. The number of carbonyl (C=O) groups is 2. The first-order chi connectivity index (χ1) is 13.7. The summed E-state index contributed by atoms with van der Waals surface area (Å²) in [5.74, 6) is -1.24. The predicted molar refractivity (Wildman–Crippen MR) is 109 cm³/mol. The first-order valence-electron chi connectivity index (χ1n) is 9.38. The topological polar surface area (TPSA) is 103 Å². The molecule has 1 amide bonds. The summed E-state index contributed by atoms with van der Waals surface area (Å²) in [7, 11) is -3.11. The average Bonchev–Trinajstić information content (AvgIpc) is 3.20. The summed E-state index contributed by atoms with van der Waals surface area (Å²) in [6, 6.07) is 11.1. The molecule has 7 nitrogen and oxygen atoms in total. The van der Waals surface area contributed by atoms with E-state index < -0.39 is 33.9 Å². The van der Waals surface area contributed by atoms with Gasteiger partial charge in [0, 0.05) is 22.4 Å². The molecule has 3 aromatic rings. The van der Waals surface area contributed by atoms with Crippen molar-refractivity contribution in [2.75, 3.05) is 11.5 Å². The van der Waals surface area contributed by atoms with Crippen LogP contribution in [0.4, 0.5) is 0 Å². The third-order valence-electron chi connectivity index (χ3n) is 5.25. The van der Waals surface area contributed by atoms with Crippen molar-refractivity contribution in [2.45, 2.75) is 32.4 Å². The van der Waals surface area contributed by atoms with Crippen molar-refractivity contribution in [3.8, 4) is 0 Å². The maximum atomic E-state index is 12.6. The Kier molecular flexibility index (Phi) is 4.82. The van der Waals surface area contributed by atoms with Crippen molar-refractivity contribution < 1.29 is 27.2 Å². The molecule has 1 aliphatic rings. The molecule has 1 saturated heterocycles. The zero-order valence-corrected chi connectivity index (χ0v) is 16.9. The van der Waals surface area contributed by atoms with Crippen molar-refractivity contribution >= 4 is 43.5 Å². The van der Waals surface area contributed by atoms with E-state index in [1.165, 1.54) is 6.92 Å². The highest BCUT2D eigenvalue weighted by atomic mass is 32.2. The normalized spacial score (nSPS) is 19.3. The highest BCUT2D eigenvalue weighted by molar-refractivity contribution is 7.91. The molecule has 1 aliphatic heterocycles. The van der Waals surface area contributed by atoms with Crippen LogP contribution in [-0.2, 0) is 19.4 Å². The molecule has 1 aromatic heterocycles. The molecule has 1 N–H and O–H groups in total. The summed E-state index contributed by atoms with van der Waals surface area (Å²) in [5.41, 5.74) is 1.24. The van der Waals surface area contributed by atoms with E-state index in [0.29, 0.717) is 17.6 Å². The first kappa shape index (κ1) is 19.4. The first-order valence-corrected chi connectivity index (χ1v) is 11.2. The highest BCUT2D eigenvalue weighted by Crippen LogP contribution is 2.32. The number of esters is 1. The Labute approximate surface area is 167 Å². The molecule has 1 fully saturated rings. The van der Waals surface area contributed by atoms with E-state index in [-0.39, 0.29) is 17.3 Å². The molecule has 0 unspecified atom stereocenters. The van der Waals surface area contributed by atoms with Gasteiger partial charge in [-0.05, 0) is 25.7 Å². The van der Waals surface area contributed by atoms with Crippen molar-refractivity contribution in [1.29, 1.82) is 0 Å². The van der Waals surface area contributed by atoms with Gasteiger partial charge in [0.25, 0.3) is 5.91 Å². The van der Waals surface area contributed by atoms with E-state index in [0.717, 1.165) is 16.2 Å². The average molecular weight is 415 g/mol. The highest BCUT2D eigenvalue weighted by Gasteiger charge is 2.31. The lowest BCUT2D eigenvalue weighted by atomic mass is 10.1. The molecule has 0 bridgehead atoms. The fourth-order valence-corrected chi connectivity index (χ4v) is 5.31. The SMILES string of the molecule is Cc1c(C(=O)O[C@@H](C)C(=O)N[C@@H]2CCS(=O)(=O)C2)oc2c1ccc1ccccc12. The second-order valence-electron chi connectivity index (χ2n) is 7.38. The molecule has 0 saturated carbocycles. The summed E-state index contributed by atoms with van der Waals surface area (Å²) in [6.45, 7) is 3.22. The largest absolute Gasteiger partial charge is 0.448 e. The molecule has 152 valence electrons. The summed E-state index contributed by atoms with van der Waals surface area (Å²) >= 11 is 0. The van der Waals surface area contributed by atoms with Gasteiger partial charge >= 0.3 is 5.97 Å². The summed E-state index contributed by atoms with van der Waals surface area (Å²) < 4.78 is 34.2. The van der Waals surface area contributed by atoms with Gasteiger partial charge in [-0.25, -0.2) is 13.2 Å². The van der Waals surface area contributed by atoms with Gasteiger partial charge in [0.1, 0.15) is 5.58 Å². The van der Waals surface area contributed by atoms with Crippen molar-refractivity contribution in [1.82, 2.24) is 5.32 Å². The van der Waals surface area contributed by atoms with E-state index in [1.807, 2.05) is 36.4 Å². The van der Waals surface area contributed by atoms with Crippen LogP contribution in [0.1, 0.15) is 29.5 Å². The minimum atomic E-state index is -3.11. The van der Waals surface area contributed by atoms with Gasteiger partial charge in [-0.1, -0.05) is 36.4 Å². The van der Waals surface area contributed by atoms with Crippen LogP contribution in [0, 0.1) is 6.92 Å². The van der Waals surface area contributed by atoms with E-state index in [4.69, 9.17) is 9.15 Å². The van der Waals surface area contributed by atoms with Crippen LogP contribution in [-0.4, -0.2) is 43.9 Å². The molecule has 2 atom stereocenters. The zero-order chi connectivity index (χ0) is 20.8. The van der Waals surface area contributed by atoms with Crippen molar-refractivity contribution in [3.63, 3.8) is 0 Å². The zero-order valence-electron chi connectivity index (χ0n) is 16.1. The Morgan fingerprint density at radius 1 is 1.17 bits per heavy atom. The smallest absolute Gasteiger partial charge is 0.375 e. The minimum absolute atomic E-state index is 0.0538. The number of nitrogens with one attached hydrogen (secondary N) is 1. The molecule has 0 spiro atoms. The molecule has 0 aliphatic carbocycles. The van der Waals surface area contributed by atoms with Gasteiger partial charge in [0.2, 0.25) is 5.76 Å². The third kappa shape index (κ3) is 3.72. The van der Waals surface area contributed by atoms with Gasteiger partial charge in [0.05, 0.1) is 11.5 Å². The standard InChI is InChI=1S/C21H21NO6S/c1-12-16-8-7-14-5-3-4-6-17(14)19(16)28-18(12)21(24)27-13(2)20(23)22-15-9-10-29(25,26)11-15/h3-8,13,15H,9-11H2,1-2H3,(H,22,23)/t13-,15+/m0/s1. The van der Waals surface area contributed by atoms with Crippen LogP contribution in [0.5, 0.6) is 0 Å². The molecule has 4 rings (SSSR count). The Morgan fingerprint density at radius 3 is 2.66 bits per heavy atom. The van der Waals surface area contributed by atoms with Crippen LogP contribution in [0.15, 0.2) is 40.8 Å². The summed E-state index contributed by atoms with van der Waals surface area (Å²) in [5, 5.41) is 5.32. The second kappa shape index (κ2) is 7.18. The number of hydrogen-bond acceptors (Lipinski definition) is 6.